The van der Waals surface area contributed by atoms with Crippen LogP contribution in [0.3, 0.4) is 0 Å². The Labute approximate surface area is 117 Å². The molecule has 0 amide bonds. The first-order valence-corrected chi connectivity index (χ1v) is 6.80. The highest BCUT2D eigenvalue weighted by molar-refractivity contribution is 5.94. The number of nitrogens with zero attached hydrogens (tertiary/aromatic N) is 4. The Morgan fingerprint density at radius 2 is 2.10 bits per heavy atom. The Balaban J connectivity index is 2.08. The minimum Gasteiger partial charge on any atom is -0.478 e. The van der Waals surface area contributed by atoms with Crippen molar-refractivity contribution >= 4 is 5.97 Å². The lowest BCUT2D eigenvalue weighted by Gasteiger charge is -2.09. The quantitative estimate of drug-likeness (QED) is 0.928. The molecule has 0 aliphatic heterocycles. The maximum atomic E-state index is 11.5. The number of aryl methyl sites for hydroxylation is 2. The molecule has 0 radical (unpaired) electrons. The van der Waals surface area contributed by atoms with E-state index in [2.05, 4.69) is 17.1 Å². The first kappa shape index (κ1) is 12.9. The Hall–Kier alpha value is -2.11. The van der Waals surface area contributed by atoms with Gasteiger partial charge in [0.1, 0.15) is 11.3 Å². The normalized spacial score (nSPS) is 16.4. The van der Waals surface area contributed by atoms with Gasteiger partial charge < -0.3 is 5.11 Å². The number of aromatic carboxylic acids is 1. The molecule has 6 nitrogen and oxygen atoms in total. The summed E-state index contributed by atoms with van der Waals surface area (Å²) in [6.45, 7) is 3.96. The highest BCUT2D eigenvalue weighted by atomic mass is 16.4. The molecular weight excluding hydrogens is 256 g/mol. The molecule has 20 heavy (non-hydrogen) atoms. The number of carboxylic acid groups (broad SMARTS) is 1. The summed E-state index contributed by atoms with van der Waals surface area (Å²) < 4.78 is 3.47. The minimum absolute atomic E-state index is 0.244. The van der Waals surface area contributed by atoms with Crippen molar-refractivity contribution in [2.75, 3.05) is 0 Å². The van der Waals surface area contributed by atoms with Crippen LogP contribution in [0.2, 0.25) is 0 Å². The number of hydrogen-bond acceptors (Lipinski definition) is 3. The molecule has 1 aliphatic rings. The third kappa shape index (κ3) is 2.11. The van der Waals surface area contributed by atoms with E-state index in [0.29, 0.717) is 11.6 Å². The van der Waals surface area contributed by atoms with Crippen molar-refractivity contribution in [2.45, 2.75) is 32.7 Å². The van der Waals surface area contributed by atoms with Crippen molar-refractivity contribution in [2.24, 2.45) is 13.0 Å². The number of carbonyl (C=O) groups is 1. The van der Waals surface area contributed by atoms with Crippen molar-refractivity contribution in [3.63, 3.8) is 0 Å². The van der Waals surface area contributed by atoms with Gasteiger partial charge in [0.15, 0.2) is 0 Å². The van der Waals surface area contributed by atoms with E-state index in [4.69, 9.17) is 0 Å². The molecule has 1 N–H and O–H groups in total. The number of carboxylic acids is 1. The van der Waals surface area contributed by atoms with Gasteiger partial charge in [0.2, 0.25) is 0 Å². The average molecular weight is 274 g/mol. The van der Waals surface area contributed by atoms with Gasteiger partial charge >= 0.3 is 5.97 Å². The standard InChI is InChI=1S/C14H18N4O2/c1-8-11(6-17(3)15-8)13-12(14(19)20)7-18(16-13)9(2)10-4-5-10/h6-7,9-10H,4-5H2,1-3H3,(H,19,20). The zero-order chi connectivity index (χ0) is 14.4. The van der Waals surface area contributed by atoms with Crippen LogP contribution >= 0.6 is 0 Å². The summed E-state index contributed by atoms with van der Waals surface area (Å²) in [4.78, 5) is 11.5. The molecule has 1 saturated carbocycles. The van der Waals surface area contributed by atoms with Crippen LogP contribution in [0.4, 0.5) is 0 Å². The second-order valence-electron chi connectivity index (χ2n) is 5.56. The first-order valence-electron chi connectivity index (χ1n) is 6.80. The van der Waals surface area contributed by atoms with E-state index in [0.717, 1.165) is 11.3 Å². The van der Waals surface area contributed by atoms with Gasteiger partial charge in [-0.1, -0.05) is 0 Å². The zero-order valence-electron chi connectivity index (χ0n) is 11.9. The molecule has 2 heterocycles. The average Bonchev–Trinajstić information content (AvgIpc) is 3.04. The summed E-state index contributed by atoms with van der Waals surface area (Å²) in [5, 5.41) is 18.2. The van der Waals surface area contributed by atoms with E-state index in [1.165, 1.54) is 12.8 Å². The van der Waals surface area contributed by atoms with Crippen LogP contribution in [0.15, 0.2) is 12.4 Å². The number of hydrogen-bond donors (Lipinski definition) is 1. The highest BCUT2D eigenvalue weighted by Gasteiger charge is 2.31. The van der Waals surface area contributed by atoms with Crippen molar-refractivity contribution in [3.05, 3.63) is 23.7 Å². The monoisotopic (exact) mass is 274 g/mol. The van der Waals surface area contributed by atoms with Gasteiger partial charge in [0.05, 0.1) is 11.7 Å². The van der Waals surface area contributed by atoms with E-state index < -0.39 is 5.97 Å². The number of rotatable bonds is 4. The molecule has 2 aromatic rings. The molecule has 0 spiro atoms. The van der Waals surface area contributed by atoms with Crippen LogP contribution in [-0.2, 0) is 7.05 Å². The second-order valence-corrected chi connectivity index (χ2v) is 5.56. The summed E-state index contributed by atoms with van der Waals surface area (Å²) >= 11 is 0. The fourth-order valence-corrected chi connectivity index (χ4v) is 2.58. The summed E-state index contributed by atoms with van der Waals surface area (Å²) in [5.74, 6) is -0.322. The molecular formula is C14H18N4O2. The molecule has 0 aromatic carbocycles. The molecule has 0 bridgehead atoms. The molecule has 6 heteroatoms. The summed E-state index contributed by atoms with van der Waals surface area (Å²) in [7, 11) is 1.82. The van der Waals surface area contributed by atoms with Crippen LogP contribution in [-0.4, -0.2) is 30.6 Å². The molecule has 106 valence electrons. The van der Waals surface area contributed by atoms with Crippen LogP contribution < -0.4 is 0 Å². The Bertz CT molecular complexity index is 667. The van der Waals surface area contributed by atoms with E-state index in [9.17, 15) is 9.90 Å². The van der Waals surface area contributed by atoms with Crippen molar-refractivity contribution in [3.8, 4) is 11.3 Å². The van der Waals surface area contributed by atoms with Crippen molar-refractivity contribution < 1.29 is 9.90 Å². The van der Waals surface area contributed by atoms with Gasteiger partial charge in [0, 0.05) is 25.0 Å². The molecule has 1 atom stereocenters. The molecule has 3 rings (SSSR count). The van der Waals surface area contributed by atoms with Crippen molar-refractivity contribution in [1.82, 2.24) is 19.6 Å². The van der Waals surface area contributed by atoms with E-state index in [1.807, 2.05) is 20.2 Å². The predicted octanol–water partition coefficient (Wildman–Crippen LogP) is 2.26. The lowest BCUT2D eigenvalue weighted by molar-refractivity contribution is 0.0697. The molecule has 0 saturated heterocycles. The molecule has 1 aliphatic carbocycles. The maximum absolute atomic E-state index is 11.5. The highest BCUT2D eigenvalue weighted by Crippen LogP contribution is 2.40. The lowest BCUT2D eigenvalue weighted by atomic mass is 10.1. The van der Waals surface area contributed by atoms with Crippen LogP contribution in [0, 0.1) is 12.8 Å². The largest absolute Gasteiger partial charge is 0.478 e. The summed E-state index contributed by atoms with van der Waals surface area (Å²) in [6, 6.07) is 0.249. The lowest BCUT2D eigenvalue weighted by Crippen LogP contribution is -2.07. The van der Waals surface area contributed by atoms with E-state index in [1.54, 1.807) is 15.6 Å². The van der Waals surface area contributed by atoms with E-state index >= 15 is 0 Å². The van der Waals surface area contributed by atoms with E-state index in [-0.39, 0.29) is 11.6 Å². The van der Waals surface area contributed by atoms with Gasteiger partial charge in [-0.2, -0.15) is 10.2 Å². The third-order valence-corrected chi connectivity index (χ3v) is 3.95. The fourth-order valence-electron chi connectivity index (χ4n) is 2.58. The molecule has 1 fully saturated rings. The van der Waals surface area contributed by atoms with Gasteiger partial charge in [0.25, 0.3) is 0 Å². The van der Waals surface area contributed by atoms with Gasteiger partial charge in [-0.3, -0.25) is 9.36 Å². The summed E-state index contributed by atoms with van der Waals surface area (Å²) in [5.41, 5.74) is 2.33. The Kier molecular flexibility index (Phi) is 2.88. The molecule has 1 unspecified atom stereocenters. The van der Waals surface area contributed by atoms with Crippen LogP contribution in [0.25, 0.3) is 11.3 Å². The van der Waals surface area contributed by atoms with Gasteiger partial charge in [-0.15, -0.1) is 0 Å². The SMILES string of the molecule is Cc1nn(C)cc1-c1nn(C(C)C2CC2)cc1C(=O)O. The van der Waals surface area contributed by atoms with Crippen molar-refractivity contribution in [1.29, 1.82) is 0 Å². The van der Waals surface area contributed by atoms with Crippen LogP contribution in [0.1, 0.15) is 41.9 Å². The van der Waals surface area contributed by atoms with Gasteiger partial charge in [-0.25, -0.2) is 4.79 Å². The van der Waals surface area contributed by atoms with Crippen LogP contribution in [0.5, 0.6) is 0 Å². The van der Waals surface area contributed by atoms with Gasteiger partial charge in [-0.05, 0) is 32.6 Å². The first-order chi connectivity index (χ1) is 9.47. The second kappa shape index (κ2) is 4.47. The Morgan fingerprint density at radius 3 is 2.60 bits per heavy atom. The third-order valence-electron chi connectivity index (χ3n) is 3.95. The minimum atomic E-state index is -0.947. The predicted molar refractivity (Wildman–Crippen MR) is 73.6 cm³/mol. The smallest absolute Gasteiger partial charge is 0.339 e. The summed E-state index contributed by atoms with van der Waals surface area (Å²) in [6.07, 6.45) is 5.86. The fraction of sp³-hybridized carbons (Fsp3) is 0.500. The Morgan fingerprint density at radius 1 is 1.40 bits per heavy atom. The molecule has 2 aromatic heterocycles. The topological polar surface area (TPSA) is 72.9 Å². The number of aromatic nitrogens is 4. The maximum Gasteiger partial charge on any atom is 0.339 e. The zero-order valence-corrected chi connectivity index (χ0v) is 11.9.